The van der Waals surface area contributed by atoms with Crippen LogP contribution in [0.25, 0.3) is 0 Å². The first-order valence-electron chi connectivity index (χ1n) is 3.04. The standard InChI is InChI=1S/C7H11NO3/c1-10-5-6(8)3-4-7(9)11-2/h6H,5,8H2,1-2H3. The number of ether oxygens (including phenoxy) is 2. The molecule has 0 spiro atoms. The Morgan fingerprint density at radius 2 is 2.27 bits per heavy atom. The van der Waals surface area contributed by atoms with Crippen LogP contribution in [0.4, 0.5) is 0 Å². The van der Waals surface area contributed by atoms with E-state index < -0.39 is 12.0 Å². The number of hydrogen-bond donors (Lipinski definition) is 1. The fraction of sp³-hybridized carbons (Fsp3) is 0.571. The predicted molar refractivity (Wildman–Crippen MR) is 39.6 cm³/mol. The van der Waals surface area contributed by atoms with Crippen LogP contribution in [0.1, 0.15) is 0 Å². The summed E-state index contributed by atoms with van der Waals surface area (Å²) in [7, 11) is 2.78. The molecule has 0 aromatic heterocycles. The highest BCUT2D eigenvalue weighted by Gasteiger charge is 1.95. The molecule has 4 nitrogen and oxygen atoms in total. The van der Waals surface area contributed by atoms with Crippen LogP contribution >= 0.6 is 0 Å². The zero-order chi connectivity index (χ0) is 8.69. The minimum atomic E-state index is -0.587. The van der Waals surface area contributed by atoms with E-state index in [1.165, 1.54) is 14.2 Å². The van der Waals surface area contributed by atoms with Gasteiger partial charge in [-0.25, -0.2) is 4.79 Å². The Balaban J connectivity index is 3.76. The van der Waals surface area contributed by atoms with Crippen molar-refractivity contribution in [2.24, 2.45) is 5.73 Å². The molecule has 0 amide bonds. The lowest BCUT2D eigenvalue weighted by atomic mass is 10.3. The average molecular weight is 157 g/mol. The normalized spacial score (nSPS) is 11.2. The van der Waals surface area contributed by atoms with Crippen molar-refractivity contribution in [2.75, 3.05) is 20.8 Å². The van der Waals surface area contributed by atoms with Crippen molar-refractivity contribution in [3.05, 3.63) is 0 Å². The Morgan fingerprint density at radius 1 is 1.64 bits per heavy atom. The molecule has 0 aliphatic heterocycles. The Hall–Kier alpha value is -1.05. The van der Waals surface area contributed by atoms with E-state index in [0.29, 0.717) is 6.61 Å². The van der Waals surface area contributed by atoms with Crippen LogP contribution in [-0.2, 0) is 14.3 Å². The fourth-order valence-electron chi connectivity index (χ4n) is 0.424. The van der Waals surface area contributed by atoms with Gasteiger partial charge in [-0.3, -0.25) is 0 Å². The number of esters is 1. The zero-order valence-electron chi connectivity index (χ0n) is 6.59. The number of carbonyl (C=O) groups excluding carboxylic acids is 1. The molecule has 0 saturated heterocycles. The topological polar surface area (TPSA) is 61.5 Å². The molecule has 1 atom stereocenters. The van der Waals surface area contributed by atoms with Crippen molar-refractivity contribution in [3.63, 3.8) is 0 Å². The first-order chi connectivity index (χ1) is 5.20. The monoisotopic (exact) mass is 157 g/mol. The summed E-state index contributed by atoms with van der Waals surface area (Å²) in [5, 5.41) is 0. The van der Waals surface area contributed by atoms with Gasteiger partial charge in [-0.05, 0) is 0 Å². The van der Waals surface area contributed by atoms with Gasteiger partial charge in [0.2, 0.25) is 0 Å². The van der Waals surface area contributed by atoms with Crippen LogP contribution in [0.3, 0.4) is 0 Å². The van der Waals surface area contributed by atoms with Crippen molar-refractivity contribution in [3.8, 4) is 11.8 Å². The number of rotatable bonds is 2. The summed E-state index contributed by atoms with van der Waals surface area (Å²) in [5.41, 5.74) is 5.38. The first kappa shape index (κ1) is 9.95. The lowest BCUT2D eigenvalue weighted by Gasteiger charge is -1.99. The first-order valence-corrected chi connectivity index (χ1v) is 3.04. The molecule has 62 valence electrons. The summed E-state index contributed by atoms with van der Waals surface area (Å²) in [6.45, 7) is 0.310. The number of carbonyl (C=O) groups is 1. The molecular formula is C7H11NO3. The van der Waals surface area contributed by atoms with Gasteiger partial charge in [-0.15, -0.1) is 0 Å². The Labute approximate surface area is 65.7 Å². The van der Waals surface area contributed by atoms with E-state index >= 15 is 0 Å². The molecule has 1 unspecified atom stereocenters. The molecular weight excluding hydrogens is 146 g/mol. The third-order valence-corrected chi connectivity index (χ3v) is 0.891. The highest BCUT2D eigenvalue weighted by atomic mass is 16.5. The molecule has 0 saturated carbocycles. The third-order valence-electron chi connectivity index (χ3n) is 0.891. The van der Waals surface area contributed by atoms with Gasteiger partial charge in [0.25, 0.3) is 0 Å². The summed E-state index contributed by atoms with van der Waals surface area (Å²) in [4.78, 5) is 10.4. The fourth-order valence-corrected chi connectivity index (χ4v) is 0.424. The summed E-state index contributed by atoms with van der Waals surface area (Å²) in [6.07, 6.45) is 0. The quantitative estimate of drug-likeness (QED) is 0.322. The summed E-state index contributed by atoms with van der Waals surface area (Å²) >= 11 is 0. The highest BCUT2D eigenvalue weighted by Crippen LogP contribution is 1.76. The zero-order valence-corrected chi connectivity index (χ0v) is 6.59. The van der Waals surface area contributed by atoms with Crippen LogP contribution in [0.15, 0.2) is 0 Å². The molecule has 0 aromatic rings. The molecule has 0 heterocycles. The molecule has 0 rings (SSSR count). The largest absolute Gasteiger partial charge is 0.459 e. The van der Waals surface area contributed by atoms with Gasteiger partial charge in [0.15, 0.2) is 0 Å². The second kappa shape index (κ2) is 5.71. The Kier molecular flexibility index (Phi) is 5.17. The molecule has 11 heavy (non-hydrogen) atoms. The summed E-state index contributed by atoms with van der Waals surface area (Å²) in [5.74, 6) is 4.08. The molecule has 0 aliphatic rings. The van der Waals surface area contributed by atoms with Gasteiger partial charge in [-0.2, -0.15) is 0 Å². The smallest absolute Gasteiger partial charge is 0.384 e. The molecule has 4 heteroatoms. The lowest BCUT2D eigenvalue weighted by molar-refractivity contribution is -0.133. The molecule has 0 aromatic carbocycles. The van der Waals surface area contributed by atoms with E-state index in [9.17, 15) is 4.79 Å². The molecule has 0 radical (unpaired) electrons. The van der Waals surface area contributed by atoms with E-state index in [-0.39, 0.29) is 0 Å². The maximum atomic E-state index is 10.4. The predicted octanol–water partition coefficient (Wildman–Crippen LogP) is -0.863. The van der Waals surface area contributed by atoms with Crippen LogP contribution in [-0.4, -0.2) is 32.8 Å². The van der Waals surface area contributed by atoms with Crippen molar-refractivity contribution >= 4 is 5.97 Å². The molecule has 2 N–H and O–H groups in total. The van der Waals surface area contributed by atoms with E-state index in [1.807, 2.05) is 0 Å². The van der Waals surface area contributed by atoms with Crippen LogP contribution < -0.4 is 5.73 Å². The minimum Gasteiger partial charge on any atom is -0.459 e. The summed E-state index contributed by atoms with van der Waals surface area (Å²) in [6, 6.07) is -0.431. The van der Waals surface area contributed by atoms with Gasteiger partial charge >= 0.3 is 5.97 Å². The van der Waals surface area contributed by atoms with E-state index in [1.54, 1.807) is 0 Å². The van der Waals surface area contributed by atoms with E-state index in [2.05, 4.69) is 21.3 Å². The van der Waals surface area contributed by atoms with Crippen LogP contribution in [0.2, 0.25) is 0 Å². The maximum Gasteiger partial charge on any atom is 0.384 e. The van der Waals surface area contributed by atoms with E-state index in [0.717, 1.165) is 0 Å². The third kappa shape index (κ3) is 5.40. The second-order valence-corrected chi connectivity index (χ2v) is 1.82. The maximum absolute atomic E-state index is 10.4. The highest BCUT2D eigenvalue weighted by molar-refractivity contribution is 5.88. The number of nitrogens with two attached hydrogens (primary N) is 1. The van der Waals surface area contributed by atoms with Gasteiger partial charge in [0.05, 0.1) is 19.8 Å². The minimum absolute atomic E-state index is 0.310. The van der Waals surface area contributed by atoms with Gasteiger partial charge in [0, 0.05) is 13.0 Å². The summed E-state index contributed by atoms with van der Waals surface area (Å²) < 4.78 is 8.96. The SMILES string of the molecule is COCC(N)C#CC(=O)OC. The van der Waals surface area contributed by atoms with Gasteiger partial charge < -0.3 is 15.2 Å². The molecule has 0 aliphatic carbocycles. The van der Waals surface area contributed by atoms with Crippen molar-refractivity contribution in [2.45, 2.75) is 6.04 Å². The van der Waals surface area contributed by atoms with Crippen molar-refractivity contribution in [1.82, 2.24) is 0 Å². The Bertz CT molecular complexity index is 180. The average Bonchev–Trinajstić information content (AvgIpc) is 2.01. The second-order valence-electron chi connectivity index (χ2n) is 1.82. The lowest BCUT2D eigenvalue weighted by Crippen LogP contribution is -2.23. The van der Waals surface area contributed by atoms with Gasteiger partial charge in [0.1, 0.15) is 0 Å². The van der Waals surface area contributed by atoms with E-state index in [4.69, 9.17) is 5.73 Å². The molecule has 0 bridgehead atoms. The van der Waals surface area contributed by atoms with Crippen molar-refractivity contribution < 1.29 is 14.3 Å². The Morgan fingerprint density at radius 3 is 2.73 bits per heavy atom. The van der Waals surface area contributed by atoms with Crippen LogP contribution in [0, 0.1) is 11.8 Å². The number of hydrogen-bond acceptors (Lipinski definition) is 4. The number of methoxy groups -OCH3 is 2. The van der Waals surface area contributed by atoms with Crippen molar-refractivity contribution in [1.29, 1.82) is 0 Å². The molecule has 0 fully saturated rings. The van der Waals surface area contributed by atoms with Gasteiger partial charge in [-0.1, -0.05) is 5.92 Å². The van der Waals surface area contributed by atoms with Crippen LogP contribution in [0.5, 0.6) is 0 Å².